The second-order valence-corrected chi connectivity index (χ2v) is 6.69. The molecule has 0 radical (unpaired) electrons. The molecule has 0 aliphatic carbocycles. The summed E-state index contributed by atoms with van der Waals surface area (Å²) < 4.78 is 5.36. The summed E-state index contributed by atoms with van der Waals surface area (Å²) in [5.74, 6) is 0.850. The van der Waals surface area contributed by atoms with Crippen molar-refractivity contribution in [1.29, 1.82) is 0 Å². The Morgan fingerprint density at radius 2 is 1.96 bits per heavy atom. The van der Waals surface area contributed by atoms with Gasteiger partial charge in [0.2, 0.25) is 5.91 Å². The molecule has 5 nitrogen and oxygen atoms in total. The quantitative estimate of drug-likeness (QED) is 0.826. The number of methoxy groups -OCH3 is 1. The zero-order valence-corrected chi connectivity index (χ0v) is 15.4. The first-order valence-electron chi connectivity index (χ1n) is 9.00. The Kier molecular flexibility index (Phi) is 6.02. The maximum absolute atomic E-state index is 12.5. The van der Waals surface area contributed by atoms with Crippen molar-refractivity contribution in [2.75, 3.05) is 33.3 Å². The number of nitrogens with zero attached hydrogens (tertiary/aromatic N) is 2. The van der Waals surface area contributed by atoms with Crippen molar-refractivity contribution in [2.45, 2.75) is 13.5 Å². The topological polar surface area (TPSA) is 46.9 Å². The minimum Gasteiger partial charge on any atom is -0.496 e. The zero-order valence-electron chi connectivity index (χ0n) is 15.4. The van der Waals surface area contributed by atoms with E-state index in [1.165, 1.54) is 10.5 Å². The lowest BCUT2D eigenvalue weighted by atomic mass is 10.1. The third-order valence-corrected chi connectivity index (χ3v) is 4.78. The van der Waals surface area contributed by atoms with E-state index in [9.17, 15) is 4.79 Å². The first kappa shape index (κ1) is 18.1. The highest BCUT2D eigenvalue weighted by Crippen LogP contribution is 2.21. The zero-order chi connectivity index (χ0) is 18.4. The molecule has 1 aliphatic rings. The van der Waals surface area contributed by atoms with Gasteiger partial charge in [-0.2, -0.15) is 0 Å². The van der Waals surface area contributed by atoms with Crippen LogP contribution in [0.2, 0.25) is 0 Å². The lowest BCUT2D eigenvalue weighted by molar-refractivity contribution is -0.917. The number of ether oxygens (including phenoxy) is 1. The molecule has 3 rings (SSSR count). The molecule has 1 aromatic heterocycles. The van der Waals surface area contributed by atoms with Crippen LogP contribution >= 0.6 is 0 Å². The van der Waals surface area contributed by atoms with Gasteiger partial charge in [0.1, 0.15) is 12.3 Å². The third kappa shape index (κ3) is 4.70. The molecule has 26 heavy (non-hydrogen) atoms. The molecule has 0 spiro atoms. The number of carbonyl (C=O) groups excluding carboxylic acids is 1. The Hall–Kier alpha value is -2.66. The van der Waals surface area contributed by atoms with Crippen LogP contribution in [-0.2, 0) is 11.3 Å². The van der Waals surface area contributed by atoms with Crippen molar-refractivity contribution in [1.82, 2.24) is 9.88 Å². The maximum Gasteiger partial charge on any atom is 0.246 e. The van der Waals surface area contributed by atoms with Gasteiger partial charge < -0.3 is 14.5 Å². The summed E-state index contributed by atoms with van der Waals surface area (Å²) in [6.07, 6.45) is 7.17. The van der Waals surface area contributed by atoms with Crippen LogP contribution in [0.5, 0.6) is 5.75 Å². The molecule has 0 unspecified atom stereocenters. The molecule has 136 valence electrons. The van der Waals surface area contributed by atoms with E-state index in [2.05, 4.69) is 17.1 Å². The van der Waals surface area contributed by atoms with Gasteiger partial charge >= 0.3 is 0 Å². The minimum absolute atomic E-state index is 0.0662. The predicted molar refractivity (Wildman–Crippen MR) is 102 cm³/mol. The lowest BCUT2D eigenvalue weighted by Gasteiger charge is -2.31. The molecule has 2 heterocycles. The van der Waals surface area contributed by atoms with Crippen LogP contribution in [0.25, 0.3) is 6.08 Å². The number of hydrogen-bond donors (Lipinski definition) is 1. The van der Waals surface area contributed by atoms with Crippen molar-refractivity contribution in [3.8, 4) is 5.75 Å². The fourth-order valence-electron chi connectivity index (χ4n) is 3.26. The molecule has 2 aromatic rings. The number of amides is 1. The number of piperazine rings is 1. The molecule has 0 saturated carbocycles. The number of aryl methyl sites for hydroxylation is 1. The smallest absolute Gasteiger partial charge is 0.246 e. The van der Waals surface area contributed by atoms with Gasteiger partial charge in [-0.15, -0.1) is 0 Å². The highest BCUT2D eigenvalue weighted by Gasteiger charge is 2.22. The Morgan fingerprint density at radius 1 is 1.23 bits per heavy atom. The Bertz CT molecular complexity index is 766. The van der Waals surface area contributed by atoms with Gasteiger partial charge in [-0.3, -0.25) is 9.78 Å². The molecule has 1 N–H and O–H groups in total. The van der Waals surface area contributed by atoms with Crippen LogP contribution in [0.15, 0.2) is 48.8 Å². The van der Waals surface area contributed by atoms with Crippen LogP contribution in [-0.4, -0.2) is 49.1 Å². The van der Waals surface area contributed by atoms with E-state index in [4.69, 9.17) is 4.74 Å². The normalized spacial score (nSPS) is 15.4. The first-order valence-corrected chi connectivity index (χ1v) is 9.00. The van der Waals surface area contributed by atoms with Crippen molar-refractivity contribution in [3.63, 3.8) is 0 Å². The van der Waals surface area contributed by atoms with E-state index < -0.39 is 0 Å². The van der Waals surface area contributed by atoms with Gasteiger partial charge in [-0.25, -0.2) is 0 Å². The second-order valence-electron chi connectivity index (χ2n) is 6.69. The summed E-state index contributed by atoms with van der Waals surface area (Å²) in [4.78, 5) is 20.0. The highest BCUT2D eigenvalue weighted by atomic mass is 16.5. The summed E-state index contributed by atoms with van der Waals surface area (Å²) in [5, 5.41) is 0. The molecule has 1 amide bonds. The SMILES string of the molecule is COc1ccc(C)cc1/C=C/C(=O)N1CC[NH+](Cc2ccncc2)CC1. The average Bonchev–Trinajstić information content (AvgIpc) is 2.67. The predicted octanol–water partition coefficient (Wildman–Crippen LogP) is 1.34. The maximum atomic E-state index is 12.5. The Balaban J connectivity index is 1.54. The van der Waals surface area contributed by atoms with E-state index in [-0.39, 0.29) is 5.91 Å². The highest BCUT2D eigenvalue weighted by molar-refractivity contribution is 5.92. The van der Waals surface area contributed by atoms with E-state index in [1.54, 1.807) is 13.2 Å². The molecular formula is C21H26N3O2+. The van der Waals surface area contributed by atoms with Crippen LogP contribution < -0.4 is 9.64 Å². The summed E-state index contributed by atoms with van der Waals surface area (Å²) >= 11 is 0. The molecule has 0 atom stereocenters. The van der Waals surface area contributed by atoms with Crippen LogP contribution in [0.3, 0.4) is 0 Å². The van der Waals surface area contributed by atoms with E-state index in [1.807, 2.05) is 48.5 Å². The van der Waals surface area contributed by atoms with Crippen molar-refractivity contribution < 1.29 is 14.4 Å². The number of pyridine rings is 1. The van der Waals surface area contributed by atoms with E-state index in [0.29, 0.717) is 0 Å². The molecule has 1 aromatic carbocycles. The van der Waals surface area contributed by atoms with Crippen LogP contribution in [0, 0.1) is 6.92 Å². The largest absolute Gasteiger partial charge is 0.496 e. The molecular weight excluding hydrogens is 326 g/mol. The fraction of sp³-hybridized carbons (Fsp3) is 0.333. The van der Waals surface area contributed by atoms with Gasteiger partial charge in [-0.1, -0.05) is 11.6 Å². The number of rotatable bonds is 5. The number of benzene rings is 1. The van der Waals surface area contributed by atoms with E-state index >= 15 is 0 Å². The number of nitrogens with one attached hydrogen (secondary N) is 1. The summed E-state index contributed by atoms with van der Waals surface area (Å²) in [6.45, 7) is 6.53. The van der Waals surface area contributed by atoms with Crippen molar-refractivity contribution in [2.24, 2.45) is 0 Å². The van der Waals surface area contributed by atoms with Gasteiger partial charge in [0, 0.05) is 29.6 Å². The summed E-state index contributed by atoms with van der Waals surface area (Å²) in [5.41, 5.74) is 3.37. The lowest BCUT2D eigenvalue weighted by Crippen LogP contribution is -3.13. The molecule has 0 bridgehead atoms. The molecule has 1 saturated heterocycles. The molecule has 1 aliphatic heterocycles. The fourth-order valence-corrected chi connectivity index (χ4v) is 3.26. The van der Waals surface area contributed by atoms with Crippen molar-refractivity contribution in [3.05, 3.63) is 65.5 Å². The number of hydrogen-bond acceptors (Lipinski definition) is 3. The monoisotopic (exact) mass is 352 g/mol. The number of quaternary nitrogens is 1. The average molecular weight is 352 g/mol. The van der Waals surface area contributed by atoms with E-state index in [0.717, 1.165) is 49.6 Å². The Labute approximate surface area is 154 Å². The van der Waals surface area contributed by atoms with Crippen molar-refractivity contribution >= 4 is 12.0 Å². The van der Waals surface area contributed by atoms with Crippen LogP contribution in [0.1, 0.15) is 16.7 Å². The third-order valence-electron chi connectivity index (χ3n) is 4.78. The standard InChI is InChI=1S/C21H25N3O2/c1-17-3-5-20(26-2)19(15-17)4-6-21(25)24-13-11-23(12-14-24)16-18-7-9-22-10-8-18/h3-10,15H,11-14,16H2,1-2H3/p+1/b6-4+. The molecule has 1 fully saturated rings. The number of aromatic nitrogens is 1. The Morgan fingerprint density at radius 3 is 2.65 bits per heavy atom. The van der Waals surface area contributed by atoms with Gasteiger partial charge in [0.25, 0.3) is 0 Å². The summed E-state index contributed by atoms with van der Waals surface area (Å²) in [7, 11) is 1.65. The number of carbonyl (C=O) groups is 1. The van der Waals surface area contributed by atoms with Gasteiger partial charge in [-0.05, 0) is 37.3 Å². The second kappa shape index (κ2) is 8.63. The van der Waals surface area contributed by atoms with Gasteiger partial charge in [0.15, 0.2) is 0 Å². The molecule has 5 heteroatoms. The summed E-state index contributed by atoms with van der Waals surface area (Å²) in [6, 6.07) is 10.1. The van der Waals surface area contributed by atoms with Crippen LogP contribution in [0.4, 0.5) is 0 Å². The first-order chi connectivity index (χ1) is 12.7. The van der Waals surface area contributed by atoms with Gasteiger partial charge in [0.05, 0.1) is 33.3 Å². The minimum atomic E-state index is 0.0662.